The summed E-state index contributed by atoms with van der Waals surface area (Å²) in [6.07, 6.45) is 1.11. The van der Waals surface area contributed by atoms with Gasteiger partial charge in [-0.3, -0.25) is 4.72 Å². The molecule has 0 fully saturated rings. The first-order chi connectivity index (χ1) is 9.89. The van der Waals surface area contributed by atoms with Gasteiger partial charge in [0.2, 0.25) is 10.0 Å². The Bertz CT molecular complexity index is 944. The van der Waals surface area contributed by atoms with Gasteiger partial charge in [0, 0.05) is 11.9 Å². The summed E-state index contributed by atoms with van der Waals surface area (Å²) in [7, 11) is -3.38. The van der Waals surface area contributed by atoms with Crippen molar-refractivity contribution in [3.63, 3.8) is 0 Å². The Morgan fingerprint density at radius 3 is 2.76 bits per heavy atom. The molecular weight excluding hydrogens is 288 g/mol. The van der Waals surface area contributed by atoms with E-state index in [0.717, 1.165) is 22.7 Å². The Morgan fingerprint density at radius 1 is 1.33 bits per heavy atom. The van der Waals surface area contributed by atoms with E-state index in [1.165, 1.54) is 0 Å². The molecule has 0 saturated heterocycles. The van der Waals surface area contributed by atoms with Gasteiger partial charge in [-0.2, -0.15) is 5.10 Å². The number of rotatable bonds is 3. The second-order valence-corrected chi connectivity index (χ2v) is 6.79. The molecule has 0 bridgehead atoms. The summed E-state index contributed by atoms with van der Waals surface area (Å²) in [6.45, 7) is 4.57. The van der Waals surface area contributed by atoms with E-state index in [-0.39, 0.29) is 0 Å². The van der Waals surface area contributed by atoms with Crippen molar-refractivity contribution in [3.05, 3.63) is 29.8 Å². The first-order valence-electron chi connectivity index (χ1n) is 6.63. The summed E-state index contributed by atoms with van der Waals surface area (Å²) in [6, 6.07) is 7.85. The highest BCUT2D eigenvalue weighted by Crippen LogP contribution is 2.27. The highest BCUT2D eigenvalue weighted by molar-refractivity contribution is 7.92. The first kappa shape index (κ1) is 13.8. The van der Waals surface area contributed by atoms with Crippen LogP contribution in [0.1, 0.15) is 12.5 Å². The molecule has 7 heteroatoms. The van der Waals surface area contributed by atoms with Crippen LogP contribution < -0.4 is 4.72 Å². The predicted octanol–water partition coefficient (Wildman–Crippen LogP) is 2.28. The molecule has 1 aromatic carbocycles. The third-order valence-electron chi connectivity index (χ3n) is 3.33. The Balaban J connectivity index is 2.36. The Hall–Kier alpha value is -2.15. The van der Waals surface area contributed by atoms with Crippen molar-refractivity contribution in [3.8, 4) is 0 Å². The molecule has 0 aliphatic carbocycles. The molecule has 1 N–H and O–H groups in total. The Kier molecular flexibility index (Phi) is 3.09. The van der Waals surface area contributed by atoms with Gasteiger partial charge in [0.1, 0.15) is 0 Å². The van der Waals surface area contributed by atoms with Gasteiger partial charge in [-0.05, 0) is 25.5 Å². The van der Waals surface area contributed by atoms with Crippen molar-refractivity contribution in [1.82, 2.24) is 14.8 Å². The molecule has 0 aliphatic rings. The Labute approximate surface area is 122 Å². The maximum atomic E-state index is 11.5. The predicted molar refractivity (Wildman–Crippen MR) is 83.9 cm³/mol. The van der Waals surface area contributed by atoms with Gasteiger partial charge in [-0.1, -0.05) is 18.2 Å². The van der Waals surface area contributed by atoms with Crippen molar-refractivity contribution >= 4 is 37.8 Å². The zero-order chi connectivity index (χ0) is 15.2. The van der Waals surface area contributed by atoms with Gasteiger partial charge in [-0.15, -0.1) is 0 Å². The fourth-order valence-electron chi connectivity index (χ4n) is 2.40. The number of hydrogen-bond acceptors (Lipinski definition) is 4. The minimum Gasteiger partial charge on any atom is -0.266 e. The lowest BCUT2D eigenvalue weighted by atomic mass is 10.1. The molecule has 0 saturated carbocycles. The number of nitrogens with zero attached hydrogens (tertiary/aromatic N) is 3. The van der Waals surface area contributed by atoms with E-state index in [4.69, 9.17) is 0 Å². The minimum atomic E-state index is -3.38. The van der Waals surface area contributed by atoms with Crippen molar-refractivity contribution in [2.45, 2.75) is 20.4 Å². The van der Waals surface area contributed by atoms with Crippen LogP contribution in [-0.4, -0.2) is 29.4 Å². The summed E-state index contributed by atoms with van der Waals surface area (Å²) >= 11 is 0. The van der Waals surface area contributed by atoms with Crippen LogP contribution in [0.25, 0.3) is 21.9 Å². The van der Waals surface area contributed by atoms with Gasteiger partial charge in [0.25, 0.3) is 0 Å². The van der Waals surface area contributed by atoms with Crippen LogP contribution in [0.5, 0.6) is 0 Å². The van der Waals surface area contributed by atoms with E-state index < -0.39 is 10.0 Å². The molecule has 0 amide bonds. The number of hydrogen-bond donors (Lipinski definition) is 1. The topological polar surface area (TPSA) is 76.9 Å². The number of sulfonamides is 1. The highest BCUT2D eigenvalue weighted by Gasteiger charge is 2.15. The average Bonchev–Trinajstić information content (AvgIpc) is 2.73. The molecule has 2 aromatic heterocycles. The van der Waals surface area contributed by atoms with Gasteiger partial charge >= 0.3 is 0 Å². The van der Waals surface area contributed by atoms with E-state index >= 15 is 0 Å². The second-order valence-electron chi connectivity index (χ2n) is 5.04. The highest BCUT2D eigenvalue weighted by atomic mass is 32.2. The largest absolute Gasteiger partial charge is 0.266 e. The summed E-state index contributed by atoms with van der Waals surface area (Å²) in [5.41, 5.74) is 2.67. The Morgan fingerprint density at radius 2 is 2.10 bits per heavy atom. The van der Waals surface area contributed by atoms with Crippen LogP contribution in [0.2, 0.25) is 0 Å². The molecule has 0 spiro atoms. The van der Waals surface area contributed by atoms with Crippen molar-refractivity contribution < 1.29 is 8.42 Å². The van der Waals surface area contributed by atoms with Gasteiger partial charge in [0.05, 0.1) is 17.2 Å². The number of para-hydroxylation sites is 1. The maximum Gasteiger partial charge on any atom is 0.231 e. The fourth-order valence-corrected chi connectivity index (χ4v) is 2.90. The fraction of sp³-hybridized carbons (Fsp3) is 0.286. The lowest BCUT2D eigenvalue weighted by Gasteiger charge is -2.03. The average molecular weight is 304 g/mol. The second kappa shape index (κ2) is 4.70. The summed E-state index contributed by atoms with van der Waals surface area (Å²) < 4.78 is 27.1. The molecule has 0 atom stereocenters. The molecule has 3 aromatic rings. The molecule has 110 valence electrons. The summed E-state index contributed by atoms with van der Waals surface area (Å²) in [4.78, 5) is 4.66. The molecule has 0 unspecified atom stereocenters. The lowest BCUT2D eigenvalue weighted by Crippen LogP contribution is -2.10. The quantitative estimate of drug-likeness (QED) is 0.805. The molecule has 21 heavy (non-hydrogen) atoms. The zero-order valence-corrected chi connectivity index (χ0v) is 12.9. The van der Waals surface area contributed by atoms with Crippen molar-refractivity contribution in [2.24, 2.45) is 0 Å². The smallest absolute Gasteiger partial charge is 0.231 e. The number of aryl methyl sites for hydroxylation is 2. The number of pyridine rings is 1. The van der Waals surface area contributed by atoms with Crippen molar-refractivity contribution in [1.29, 1.82) is 0 Å². The van der Waals surface area contributed by atoms with Crippen LogP contribution >= 0.6 is 0 Å². The van der Waals surface area contributed by atoms with Crippen LogP contribution in [0, 0.1) is 6.92 Å². The number of nitrogens with one attached hydrogen (secondary N) is 1. The van der Waals surface area contributed by atoms with Gasteiger partial charge in [0.15, 0.2) is 11.5 Å². The van der Waals surface area contributed by atoms with Gasteiger partial charge < -0.3 is 0 Å². The van der Waals surface area contributed by atoms with Gasteiger partial charge in [-0.25, -0.2) is 18.1 Å². The minimum absolute atomic E-state index is 0.324. The van der Waals surface area contributed by atoms with Crippen LogP contribution in [0.3, 0.4) is 0 Å². The molecular formula is C14H16N4O2S. The summed E-state index contributed by atoms with van der Waals surface area (Å²) in [5.74, 6) is 0.324. The molecule has 2 heterocycles. The third kappa shape index (κ3) is 2.44. The third-order valence-corrected chi connectivity index (χ3v) is 3.89. The number of aromatic nitrogens is 3. The van der Waals surface area contributed by atoms with Crippen LogP contribution in [0.15, 0.2) is 24.3 Å². The SMILES string of the molecule is CCn1nc(NS(C)(=O)=O)c2cc3cccc(C)c3nc21. The number of benzene rings is 1. The van der Waals surface area contributed by atoms with Crippen LogP contribution in [-0.2, 0) is 16.6 Å². The standard InChI is InChI=1S/C14H16N4O2S/c1-4-18-14-11(13(16-18)17-21(3,19)20)8-10-7-5-6-9(2)12(10)15-14/h5-8H,4H2,1-3H3,(H,16,17). The van der Waals surface area contributed by atoms with E-state index in [2.05, 4.69) is 14.8 Å². The molecule has 6 nitrogen and oxygen atoms in total. The monoisotopic (exact) mass is 304 g/mol. The van der Waals surface area contributed by atoms with E-state index in [1.807, 2.05) is 38.1 Å². The number of fused-ring (bicyclic) bond motifs is 2. The normalized spacial score (nSPS) is 12.1. The van der Waals surface area contributed by atoms with Crippen LogP contribution in [0.4, 0.5) is 5.82 Å². The molecule has 0 aliphatic heterocycles. The first-order valence-corrected chi connectivity index (χ1v) is 8.53. The van der Waals surface area contributed by atoms with E-state index in [1.54, 1.807) is 4.68 Å². The number of anilines is 1. The van der Waals surface area contributed by atoms with Crippen molar-refractivity contribution in [2.75, 3.05) is 11.0 Å². The van der Waals surface area contributed by atoms with E-state index in [0.29, 0.717) is 23.4 Å². The summed E-state index contributed by atoms with van der Waals surface area (Å²) in [5, 5.41) is 5.99. The maximum absolute atomic E-state index is 11.5. The zero-order valence-electron chi connectivity index (χ0n) is 12.1. The molecule has 3 rings (SSSR count). The lowest BCUT2D eigenvalue weighted by molar-refractivity contribution is 0.606. The molecule has 0 radical (unpaired) electrons. The van der Waals surface area contributed by atoms with E-state index in [9.17, 15) is 8.42 Å².